The minimum atomic E-state index is 0.392. The molecule has 1 heterocycles. The van der Waals surface area contributed by atoms with Crippen LogP contribution < -0.4 is 10.6 Å². The molecule has 5 heteroatoms. The van der Waals surface area contributed by atoms with Gasteiger partial charge in [0.1, 0.15) is 17.5 Å². The number of hydrogen-bond acceptors (Lipinski definition) is 4. The molecule has 1 aromatic carbocycles. The van der Waals surface area contributed by atoms with Crippen molar-refractivity contribution in [3.05, 3.63) is 40.6 Å². The summed E-state index contributed by atoms with van der Waals surface area (Å²) in [4.78, 5) is 8.82. The molecule has 0 aliphatic rings. The van der Waals surface area contributed by atoms with Gasteiger partial charge in [-0.2, -0.15) is 0 Å². The molecule has 20 heavy (non-hydrogen) atoms. The Labute approximate surface area is 128 Å². The Hall–Kier alpha value is -1.62. The fourth-order valence-corrected chi connectivity index (χ4v) is 2.17. The zero-order valence-corrected chi connectivity index (χ0v) is 13.5. The van der Waals surface area contributed by atoms with E-state index in [0.29, 0.717) is 6.04 Å². The van der Waals surface area contributed by atoms with Crippen molar-refractivity contribution < 1.29 is 0 Å². The van der Waals surface area contributed by atoms with E-state index in [1.54, 1.807) is 0 Å². The molecule has 0 fully saturated rings. The highest BCUT2D eigenvalue weighted by Gasteiger charge is 2.05. The molecule has 4 nitrogen and oxygen atoms in total. The van der Waals surface area contributed by atoms with Gasteiger partial charge in [0, 0.05) is 22.3 Å². The summed E-state index contributed by atoms with van der Waals surface area (Å²) in [5.74, 6) is 2.39. The largest absolute Gasteiger partial charge is 0.367 e. The van der Waals surface area contributed by atoms with Gasteiger partial charge < -0.3 is 10.6 Å². The number of halogens is 1. The lowest BCUT2D eigenvalue weighted by molar-refractivity contribution is 0.757. The second-order valence-electron chi connectivity index (χ2n) is 4.77. The average Bonchev–Trinajstić information content (AvgIpc) is 2.37. The van der Waals surface area contributed by atoms with Crippen LogP contribution in [0, 0.1) is 6.92 Å². The number of benzene rings is 1. The van der Waals surface area contributed by atoms with Gasteiger partial charge in [-0.15, -0.1) is 0 Å². The van der Waals surface area contributed by atoms with E-state index in [1.807, 2.05) is 37.3 Å². The minimum absolute atomic E-state index is 0.392. The molecule has 106 valence electrons. The van der Waals surface area contributed by atoms with Gasteiger partial charge in [-0.3, -0.25) is 0 Å². The third kappa shape index (κ3) is 4.20. The van der Waals surface area contributed by atoms with Crippen molar-refractivity contribution in [1.29, 1.82) is 0 Å². The van der Waals surface area contributed by atoms with Gasteiger partial charge in [-0.25, -0.2) is 9.97 Å². The number of nitrogens with zero attached hydrogens (tertiary/aromatic N) is 2. The summed E-state index contributed by atoms with van der Waals surface area (Å²) in [5.41, 5.74) is 0.993. The van der Waals surface area contributed by atoms with Crippen molar-refractivity contribution in [2.45, 2.75) is 33.2 Å². The molecule has 1 unspecified atom stereocenters. The Kier molecular flexibility index (Phi) is 4.95. The molecule has 0 spiro atoms. The van der Waals surface area contributed by atoms with Gasteiger partial charge in [0.05, 0.1) is 0 Å². The van der Waals surface area contributed by atoms with Gasteiger partial charge >= 0.3 is 0 Å². The lowest BCUT2D eigenvalue weighted by atomic mass is 10.2. The molecule has 0 radical (unpaired) electrons. The van der Waals surface area contributed by atoms with Crippen molar-refractivity contribution >= 4 is 33.3 Å². The molecule has 0 aliphatic heterocycles. The number of rotatable bonds is 5. The van der Waals surface area contributed by atoms with Crippen LogP contribution in [-0.4, -0.2) is 16.0 Å². The second-order valence-corrected chi connectivity index (χ2v) is 5.69. The third-order valence-electron chi connectivity index (χ3n) is 2.94. The van der Waals surface area contributed by atoms with E-state index < -0.39 is 0 Å². The first-order valence-corrected chi connectivity index (χ1v) is 7.51. The van der Waals surface area contributed by atoms with Crippen molar-refractivity contribution in [1.82, 2.24) is 9.97 Å². The fraction of sp³-hybridized carbons (Fsp3) is 0.333. The highest BCUT2D eigenvalue weighted by Crippen LogP contribution is 2.21. The molecule has 2 N–H and O–H groups in total. The second kappa shape index (κ2) is 6.70. The highest BCUT2D eigenvalue weighted by molar-refractivity contribution is 9.10. The zero-order chi connectivity index (χ0) is 14.5. The topological polar surface area (TPSA) is 49.8 Å². The lowest BCUT2D eigenvalue weighted by Gasteiger charge is -2.14. The van der Waals surface area contributed by atoms with Crippen LogP contribution >= 0.6 is 15.9 Å². The molecule has 0 amide bonds. The first-order valence-electron chi connectivity index (χ1n) is 6.71. The van der Waals surface area contributed by atoms with Crippen LogP contribution in [0.5, 0.6) is 0 Å². The number of hydrogen-bond donors (Lipinski definition) is 2. The Morgan fingerprint density at radius 2 is 1.95 bits per heavy atom. The Morgan fingerprint density at radius 3 is 2.65 bits per heavy atom. The van der Waals surface area contributed by atoms with Crippen LogP contribution in [0.15, 0.2) is 34.8 Å². The number of anilines is 3. The summed E-state index contributed by atoms with van der Waals surface area (Å²) in [6.45, 7) is 6.18. The molecular weight excluding hydrogens is 316 g/mol. The summed E-state index contributed by atoms with van der Waals surface area (Å²) < 4.78 is 1.03. The van der Waals surface area contributed by atoms with Gasteiger partial charge in [0.2, 0.25) is 0 Å². The Balaban J connectivity index is 2.19. The van der Waals surface area contributed by atoms with Crippen LogP contribution in [-0.2, 0) is 0 Å². The molecule has 0 bridgehead atoms. The summed E-state index contributed by atoms with van der Waals surface area (Å²) >= 11 is 3.46. The van der Waals surface area contributed by atoms with Crippen LogP contribution in [0.3, 0.4) is 0 Å². The van der Waals surface area contributed by atoms with Gasteiger partial charge in [-0.1, -0.05) is 28.9 Å². The molecular formula is C15H19BrN4. The van der Waals surface area contributed by atoms with Crippen LogP contribution in [0.2, 0.25) is 0 Å². The predicted octanol–water partition coefficient (Wildman–Crippen LogP) is 4.50. The van der Waals surface area contributed by atoms with Gasteiger partial charge in [0.15, 0.2) is 0 Å². The summed E-state index contributed by atoms with van der Waals surface area (Å²) in [5, 5.41) is 6.67. The van der Waals surface area contributed by atoms with E-state index in [4.69, 9.17) is 0 Å². The predicted molar refractivity (Wildman–Crippen MR) is 87.6 cm³/mol. The number of nitrogens with one attached hydrogen (secondary N) is 2. The fourth-order valence-electron chi connectivity index (χ4n) is 1.77. The molecule has 1 aromatic heterocycles. The molecule has 0 aliphatic carbocycles. The van der Waals surface area contributed by atoms with Gasteiger partial charge in [0.25, 0.3) is 0 Å². The summed E-state index contributed by atoms with van der Waals surface area (Å²) in [7, 11) is 0. The first-order chi connectivity index (χ1) is 9.56. The number of aryl methyl sites for hydroxylation is 1. The van der Waals surface area contributed by atoms with Crippen molar-refractivity contribution in [3.63, 3.8) is 0 Å². The van der Waals surface area contributed by atoms with Crippen LogP contribution in [0.25, 0.3) is 0 Å². The third-order valence-corrected chi connectivity index (χ3v) is 3.43. The van der Waals surface area contributed by atoms with Crippen molar-refractivity contribution in [2.75, 3.05) is 10.6 Å². The maximum absolute atomic E-state index is 4.41. The monoisotopic (exact) mass is 334 g/mol. The van der Waals surface area contributed by atoms with Crippen molar-refractivity contribution in [2.24, 2.45) is 0 Å². The quantitative estimate of drug-likeness (QED) is 0.845. The normalized spacial score (nSPS) is 12.0. The van der Waals surface area contributed by atoms with Gasteiger partial charge in [-0.05, 0) is 38.5 Å². The lowest BCUT2D eigenvalue weighted by Crippen LogP contribution is -2.15. The first kappa shape index (κ1) is 14.8. The maximum Gasteiger partial charge on any atom is 0.136 e. The van der Waals surface area contributed by atoms with E-state index in [9.17, 15) is 0 Å². The summed E-state index contributed by atoms with van der Waals surface area (Å²) in [6.07, 6.45) is 1.05. The zero-order valence-electron chi connectivity index (χ0n) is 11.9. The van der Waals surface area contributed by atoms with Crippen LogP contribution in [0.1, 0.15) is 26.1 Å². The molecule has 2 rings (SSSR count). The smallest absolute Gasteiger partial charge is 0.136 e. The van der Waals surface area contributed by atoms with Crippen molar-refractivity contribution in [3.8, 4) is 0 Å². The minimum Gasteiger partial charge on any atom is -0.367 e. The Morgan fingerprint density at radius 1 is 1.20 bits per heavy atom. The van der Waals surface area contributed by atoms with E-state index in [2.05, 4.69) is 50.4 Å². The Bertz CT molecular complexity index is 586. The standard InChI is InChI=1S/C15H19BrN4/c1-4-10(2)17-14-9-15(19-11(3)18-14)20-13-7-5-6-12(16)8-13/h5-10H,4H2,1-3H3,(H2,17,18,19,20). The van der Waals surface area contributed by atoms with E-state index >= 15 is 0 Å². The molecule has 1 atom stereocenters. The number of aromatic nitrogens is 2. The molecule has 0 saturated heterocycles. The van der Waals surface area contributed by atoms with E-state index in [-0.39, 0.29) is 0 Å². The SMILES string of the molecule is CCC(C)Nc1cc(Nc2cccc(Br)c2)nc(C)n1. The highest BCUT2D eigenvalue weighted by atomic mass is 79.9. The van der Waals surface area contributed by atoms with E-state index in [1.165, 1.54) is 0 Å². The average molecular weight is 335 g/mol. The van der Waals surface area contributed by atoms with Crippen LogP contribution in [0.4, 0.5) is 17.3 Å². The summed E-state index contributed by atoms with van der Waals surface area (Å²) in [6, 6.07) is 10.3. The van der Waals surface area contributed by atoms with E-state index in [0.717, 1.165) is 34.0 Å². The molecule has 2 aromatic rings. The molecule has 0 saturated carbocycles. The maximum atomic E-state index is 4.41.